The minimum atomic E-state index is 0.0228. The molecule has 0 bridgehead atoms. The average Bonchev–Trinajstić information content (AvgIpc) is 2.89. The lowest BCUT2D eigenvalue weighted by Crippen LogP contribution is -2.24. The number of carbonyl (C=O) groups is 1. The van der Waals surface area contributed by atoms with Crippen LogP contribution < -0.4 is 5.32 Å². The van der Waals surface area contributed by atoms with E-state index in [2.05, 4.69) is 24.1 Å². The van der Waals surface area contributed by atoms with E-state index in [1.54, 1.807) is 6.20 Å². The molecule has 0 atom stereocenters. The van der Waals surface area contributed by atoms with Gasteiger partial charge in [-0.1, -0.05) is 57.7 Å². The fourth-order valence-corrected chi connectivity index (χ4v) is 2.59. The van der Waals surface area contributed by atoms with Crippen LogP contribution in [-0.2, 0) is 0 Å². The molecule has 0 saturated carbocycles. The zero-order valence-electron chi connectivity index (χ0n) is 13.1. The highest BCUT2D eigenvalue weighted by atomic mass is 16.1. The summed E-state index contributed by atoms with van der Waals surface area (Å²) in [5.41, 5.74) is 1.75. The molecule has 0 aliphatic rings. The number of H-pyrrole nitrogens is 1. The molecule has 1 heterocycles. The first kappa shape index (κ1) is 15.6. The standard InChI is InChI=1S/C18H26N2O/c1-14(2)9-5-3-4-8-12-19-18(21)16-13-20-17-11-7-6-10-15(16)17/h6-7,10-11,13-14,20H,3-5,8-9,12H2,1-2H3,(H,19,21). The van der Waals surface area contributed by atoms with Crippen molar-refractivity contribution in [2.45, 2.75) is 46.0 Å². The van der Waals surface area contributed by atoms with Crippen molar-refractivity contribution in [1.29, 1.82) is 0 Å². The van der Waals surface area contributed by atoms with Crippen LogP contribution in [0.25, 0.3) is 10.9 Å². The molecule has 0 radical (unpaired) electrons. The zero-order chi connectivity index (χ0) is 15.1. The first-order valence-corrected chi connectivity index (χ1v) is 8.03. The molecule has 2 N–H and O–H groups in total. The summed E-state index contributed by atoms with van der Waals surface area (Å²) in [5, 5.41) is 4.01. The quantitative estimate of drug-likeness (QED) is 0.689. The summed E-state index contributed by atoms with van der Waals surface area (Å²) in [6.45, 7) is 5.29. The number of aromatic amines is 1. The molecule has 3 heteroatoms. The molecule has 0 fully saturated rings. The Morgan fingerprint density at radius 2 is 1.90 bits per heavy atom. The molecule has 0 aliphatic carbocycles. The number of amides is 1. The van der Waals surface area contributed by atoms with Crippen molar-refractivity contribution in [3.63, 3.8) is 0 Å². The van der Waals surface area contributed by atoms with E-state index in [1.165, 1.54) is 25.7 Å². The smallest absolute Gasteiger partial charge is 0.253 e. The van der Waals surface area contributed by atoms with Gasteiger partial charge in [0.15, 0.2) is 0 Å². The van der Waals surface area contributed by atoms with Gasteiger partial charge in [0.1, 0.15) is 0 Å². The normalized spacial score (nSPS) is 11.2. The second kappa shape index (κ2) is 7.87. The molecule has 0 aliphatic heterocycles. The fraction of sp³-hybridized carbons (Fsp3) is 0.500. The van der Waals surface area contributed by atoms with Crippen LogP contribution in [0.1, 0.15) is 56.3 Å². The third kappa shape index (κ3) is 4.62. The third-order valence-electron chi connectivity index (χ3n) is 3.83. The molecular weight excluding hydrogens is 260 g/mol. The van der Waals surface area contributed by atoms with Gasteiger partial charge in [-0.25, -0.2) is 0 Å². The number of aromatic nitrogens is 1. The molecule has 1 aromatic carbocycles. The zero-order valence-corrected chi connectivity index (χ0v) is 13.1. The average molecular weight is 286 g/mol. The molecule has 1 aromatic heterocycles. The van der Waals surface area contributed by atoms with Crippen molar-refractivity contribution in [2.75, 3.05) is 6.54 Å². The number of unbranched alkanes of at least 4 members (excludes halogenated alkanes) is 3. The highest BCUT2D eigenvalue weighted by Crippen LogP contribution is 2.17. The summed E-state index contributed by atoms with van der Waals surface area (Å²) in [7, 11) is 0. The number of carbonyl (C=O) groups excluding carboxylic acids is 1. The number of nitrogens with one attached hydrogen (secondary N) is 2. The van der Waals surface area contributed by atoms with Gasteiger partial charge in [0.2, 0.25) is 0 Å². The second-order valence-electron chi connectivity index (χ2n) is 6.10. The van der Waals surface area contributed by atoms with Gasteiger partial charge in [-0.15, -0.1) is 0 Å². The van der Waals surface area contributed by atoms with E-state index in [-0.39, 0.29) is 5.91 Å². The number of fused-ring (bicyclic) bond motifs is 1. The maximum atomic E-state index is 12.2. The monoisotopic (exact) mass is 286 g/mol. The lowest BCUT2D eigenvalue weighted by atomic mass is 10.0. The van der Waals surface area contributed by atoms with Crippen LogP contribution in [0, 0.1) is 5.92 Å². The number of rotatable bonds is 8. The molecule has 0 saturated heterocycles. The Bertz CT molecular complexity index is 571. The van der Waals surface area contributed by atoms with Gasteiger partial charge >= 0.3 is 0 Å². The number of benzene rings is 1. The Labute approximate surface area is 127 Å². The van der Waals surface area contributed by atoms with Crippen molar-refractivity contribution in [1.82, 2.24) is 10.3 Å². The van der Waals surface area contributed by atoms with Gasteiger partial charge in [0.05, 0.1) is 5.56 Å². The minimum absolute atomic E-state index is 0.0228. The van der Waals surface area contributed by atoms with E-state index in [4.69, 9.17) is 0 Å². The van der Waals surface area contributed by atoms with Gasteiger partial charge in [-0.05, 0) is 18.4 Å². The van der Waals surface area contributed by atoms with E-state index in [1.807, 2.05) is 24.3 Å². The summed E-state index contributed by atoms with van der Waals surface area (Å²) < 4.78 is 0. The minimum Gasteiger partial charge on any atom is -0.360 e. The molecule has 0 unspecified atom stereocenters. The van der Waals surface area contributed by atoms with Crippen molar-refractivity contribution >= 4 is 16.8 Å². The Morgan fingerprint density at radius 3 is 2.71 bits per heavy atom. The van der Waals surface area contributed by atoms with Crippen LogP contribution in [0.15, 0.2) is 30.5 Å². The summed E-state index contributed by atoms with van der Waals surface area (Å²) >= 11 is 0. The van der Waals surface area contributed by atoms with E-state index in [9.17, 15) is 4.79 Å². The number of hydrogen-bond donors (Lipinski definition) is 2. The highest BCUT2D eigenvalue weighted by molar-refractivity contribution is 6.06. The van der Waals surface area contributed by atoms with Gasteiger partial charge in [0.25, 0.3) is 5.91 Å². The molecule has 2 aromatic rings. The molecule has 3 nitrogen and oxygen atoms in total. The Morgan fingerprint density at radius 1 is 1.14 bits per heavy atom. The molecular formula is C18H26N2O. The Hall–Kier alpha value is -1.77. The lowest BCUT2D eigenvalue weighted by molar-refractivity contribution is 0.0954. The van der Waals surface area contributed by atoms with Crippen LogP contribution in [-0.4, -0.2) is 17.4 Å². The van der Waals surface area contributed by atoms with Crippen LogP contribution in [0.5, 0.6) is 0 Å². The van der Waals surface area contributed by atoms with Crippen LogP contribution >= 0.6 is 0 Å². The maximum Gasteiger partial charge on any atom is 0.253 e. The summed E-state index contributed by atoms with van der Waals surface area (Å²) in [6.07, 6.45) is 7.92. The summed E-state index contributed by atoms with van der Waals surface area (Å²) in [6, 6.07) is 7.90. The van der Waals surface area contributed by atoms with Crippen molar-refractivity contribution < 1.29 is 4.79 Å². The summed E-state index contributed by atoms with van der Waals surface area (Å²) in [4.78, 5) is 15.3. The van der Waals surface area contributed by atoms with E-state index < -0.39 is 0 Å². The van der Waals surface area contributed by atoms with E-state index in [0.717, 1.165) is 35.3 Å². The first-order chi connectivity index (χ1) is 10.2. The van der Waals surface area contributed by atoms with Crippen molar-refractivity contribution in [3.8, 4) is 0 Å². The van der Waals surface area contributed by atoms with Gasteiger partial charge < -0.3 is 10.3 Å². The maximum absolute atomic E-state index is 12.2. The molecule has 1 amide bonds. The molecule has 114 valence electrons. The first-order valence-electron chi connectivity index (χ1n) is 8.03. The molecule has 21 heavy (non-hydrogen) atoms. The van der Waals surface area contributed by atoms with E-state index >= 15 is 0 Å². The van der Waals surface area contributed by atoms with Crippen LogP contribution in [0.2, 0.25) is 0 Å². The number of hydrogen-bond acceptors (Lipinski definition) is 1. The van der Waals surface area contributed by atoms with Gasteiger partial charge in [0, 0.05) is 23.6 Å². The lowest BCUT2D eigenvalue weighted by Gasteiger charge is -2.06. The molecule has 0 spiro atoms. The fourth-order valence-electron chi connectivity index (χ4n) is 2.59. The predicted molar refractivity (Wildman–Crippen MR) is 88.6 cm³/mol. The third-order valence-corrected chi connectivity index (χ3v) is 3.83. The van der Waals surface area contributed by atoms with Crippen LogP contribution in [0.4, 0.5) is 0 Å². The van der Waals surface area contributed by atoms with Crippen molar-refractivity contribution in [3.05, 3.63) is 36.0 Å². The van der Waals surface area contributed by atoms with Gasteiger partial charge in [-0.3, -0.25) is 4.79 Å². The Balaban J connectivity index is 1.70. The second-order valence-corrected chi connectivity index (χ2v) is 6.10. The topological polar surface area (TPSA) is 44.9 Å². The summed E-state index contributed by atoms with van der Waals surface area (Å²) in [5.74, 6) is 0.821. The van der Waals surface area contributed by atoms with E-state index in [0.29, 0.717) is 0 Å². The van der Waals surface area contributed by atoms with Crippen LogP contribution in [0.3, 0.4) is 0 Å². The van der Waals surface area contributed by atoms with Crippen molar-refractivity contribution in [2.24, 2.45) is 5.92 Å². The van der Waals surface area contributed by atoms with Gasteiger partial charge in [-0.2, -0.15) is 0 Å². The Kier molecular flexibility index (Phi) is 5.85. The molecule has 2 rings (SSSR count). The highest BCUT2D eigenvalue weighted by Gasteiger charge is 2.10. The largest absolute Gasteiger partial charge is 0.360 e. The SMILES string of the molecule is CC(C)CCCCCCNC(=O)c1c[nH]c2ccccc12. The predicted octanol–water partition coefficient (Wildman–Crippen LogP) is 4.50. The number of para-hydroxylation sites is 1.